The zero-order valence-corrected chi connectivity index (χ0v) is 13.3. The van der Waals surface area contributed by atoms with Crippen LogP contribution in [0.4, 0.5) is 5.69 Å². The van der Waals surface area contributed by atoms with Crippen LogP contribution in [0.2, 0.25) is 0 Å². The molecular weight excluding hydrogens is 258 g/mol. The fourth-order valence-corrected chi connectivity index (χ4v) is 2.72. The number of Topliss-reactive ketones (excluding diaryl/α,β-unsaturated/α-hetero) is 1. The molecule has 0 heterocycles. The highest BCUT2D eigenvalue weighted by Crippen LogP contribution is 2.27. The molecule has 0 spiro atoms. The molecule has 0 unspecified atom stereocenters. The summed E-state index contributed by atoms with van der Waals surface area (Å²) in [5.74, 6) is 0.184. The molecule has 0 aliphatic heterocycles. The second-order valence-electron chi connectivity index (χ2n) is 6.22. The van der Waals surface area contributed by atoms with Crippen LogP contribution in [0.1, 0.15) is 29.8 Å². The van der Waals surface area contributed by atoms with Crippen LogP contribution in [-0.2, 0) is 0 Å². The van der Waals surface area contributed by atoms with Crippen molar-refractivity contribution in [3.05, 3.63) is 65.7 Å². The lowest BCUT2D eigenvalue weighted by molar-refractivity contribution is 0.0846. The molecule has 0 radical (unpaired) electrons. The van der Waals surface area contributed by atoms with Gasteiger partial charge >= 0.3 is 0 Å². The SMILES string of the molecule is Cc1ccccc1N(C)CC(C)(C)C(=O)c1ccccc1. The summed E-state index contributed by atoms with van der Waals surface area (Å²) in [4.78, 5) is 14.9. The predicted molar refractivity (Wildman–Crippen MR) is 89.0 cm³/mol. The molecule has 0 amide bonds. The van der Waals surface area contributed by atoms with Gasteiger partial charge in [0.15, 0.2) is 5.78 Å². The third-order valence-corrected chi connectivity index (χ3v) is 3.81. The van der Waals surface area contributed by atoms with Crippen LogP contribution in [0.5, 0.6) is 0 Å². The standard InChI is InChI=1S/C19H23NO/c1-15-10-8-9-13-17(15)20(4)14-19(2,3)18(21)16-11-6-5-7-12-16/h5-13H,14H2,1-4H3. The molecule has 2 aromatic rings. The Hall–Kier alpha value is -2.09. The van der Waals surface area contributed by atoms with E-state index in [2.05, 4.69) is 24.0 Å². The van der Waals surface area contributed by atoms with Crippen LogP contribution in [0.3, 0.4) is 0 Å². The van der Waals surface area contributed by atoms with Crippen LogP contribution in [-0.4, -0.2) is 19.4 Å². The number of anilines is 1. The number of benzene rings is 2. The van der Waals surface area contributed by atoms with Crippen molar-refractivity contribution < 1.29 is 4.79 Å². The fourth-order valence-electron chi connectivity index (χ4n) is 2.72. The largest absolute Gasteiger partial charge is 0.373 e. The highest BCUT2D eigenvalue weighted by molar-refractivity contribution is 6.00. The molecule has 2 aromatic carbocycles. The molecule has 21 heavy (non-hydrogen) atoms. The molecule has 0 fully saturated rings. The molecule has 2 rings (SSSR count). The summed E-state index contributed by atoms with van der Waals surface area (Å²) in [6, 6.07) is 17.8. The predicted octanol–water partition coefficient (Wildman–Crippen LogP) is 4.34. The van der Waals surface area contributed by atoms with Gasteiger partial charge in [-0.2, -0.15) is 0 Å². The molecule has 0 aromatic heterocycles. The summed E-state index contributed by atoms with van der Waals surface area (Å²) in [5.41, 5.74) is 2.74. The van der Waals surface area contributed by atoms with E-state index in [0.717, 1.165) is 5.56 Å². The van der Waals surface area contributed by atoms with Crippen molar-refractivity contribution in [3.63, 3.8) is 0 Å². The third-order valence-electron chi connectivity index (χ3n) is 3.81. The van der Waals surface area contributed by atoms with E-state index >= 15 is 0 Å². The number of rotatable bonds is 5. The van der Waals surface area contributed by atoms with Crippen molar-refractivity contribution in [1.29, 1.82) is 0 Å². The van der Waals surface area contributed by atoms with Gasteiger partial charge in [0.05, 0.1) is 0 Å². The van der Waals surface area contributed by atoms with E-state index in [0.29, 0.717) is 6.54 Å². The average molecular weight is 281 g/mol. The van der Waals surface area contributed by atoms with Gasteiger partial charge in [0.1, 0.15) is 0 Å². The Morgan fingerprint density at radius 3 is 2.19 bits per heavy atom. The molecule has 0 aliphatic rings. The first-order valence-corrected chi connectivity index (χ1v) is 7.28. The van der Waals surface area contributed by atoms with Gasteiger partial charge in [-0.25, -0.2) is 0 Å². The maximum Gasteiger partial charge on any atom is 0.170 e. The van der Waals surface area contributed by atoms with E-state index in [9.17, 15) is 4.79 Å². The van der Waals surface area contributed by atoms with Gasteiger partial charge < -0.3 is 4.90 Å². The average Bonchev–Trinajstić information content (AvgIpc) is 2.47. The first-order chi connectivity index (χ1) is 9.92. The second kappa shape index (κ2) is 6.13. The summed E-state index contributed by atoms with van der Waals surface area (Å²) in [6.07, 6.45) is 0. The molecule has 110 valence electrons. The van der Waals surface area contributed by atoms with Gasteiger partial charge in [0, 0.05) is 30.3 Å². The lowest BCUT2D eigenvalue weighted by Crippen LogP contribution is -2.37. The summed E-state index contributed by atoms with van der Waals surface area (Å²) < 4.78 is 0. The molecule has 0 atom stereocenters. The molecule has 0 aliphatic carbocycles. The molecule has 0 bridgehead atoms. The van der Waals surface area contributed by atoms with Crippen molar-refractivity contribution in [2.45, 2.75) is 20.8 Å². The Morgan fingerprint density at radius 2 is 1.57 bits per heavy atom. The van der Waals surface area contributed by atoms with E-state index in [1.165, 1.54) is 11.3 Å². The molecule has 0 N–H and O–H groups in total. The normalized spacial score (nSPS) is 11.2. The molecule has 2 nitrogen and oxygen atoms in total. The maximum atomic E-state index is 12.7. The van der Waals surface area contributed by atoms with E-state index in [4.69, 9.17) is 0 Å². The van der Waals surface area contributed by atoms with Crippen LogP contribution in [0, 0.1) is 12.3 Å². The number of hydrogen-bond donors (Lipinski definition) is 0. The van der Waals surface area contributed by atoms with Gasteiger partial charge in [0.25, 0.3) is 0 Å². The van der Waals surface area contributed by atoms with Gasteiger partial charge in [-0.05, 0) is 18.6 Å². The van der Waals surface area contributed by atoms with E-state index in [1.807, 2.05) is 63.4 Å². The molecule has 0 saturated heterocycles. The van der Waals surface area contributed by atoms with Crippen LogP contribution >= 0.6 is 0 Å². The van der Waals surface area contributed by atoms with Crippen LogP contribution < -0.4 is 4.90 Å². The highest BCUT2D eigenvalue weighted by Gasteiger charge is 2.30. The Balaban J connectivity index is 2.17. The Labute approximate surface area is 127 Å². The van der Waals surface area contributed by atoms with Gasteiger partial charge in [-0.15, -0.1) is 0 Å². The minimum Gasteiger partial charge on any atom is -0.373 e. The first-order valence-electron chi connectivity index (χ1n) is 7.28. The lowest BCUT2D eigenvalue weighted by Gasteiger charge is -2.31. The fraction of sp³-hybridized carbons (Fsp3) is 0.316. The van der Waals surface area contributed by atoms with Crippen molar-refractivity contribution in [2.24, 2.45) is 5.41 Å². The number of carbonyl (C=O) groups is 1. The van der Waals surface area contributed by atoms with E-state index in [-0.39, 0.29) is 5.78 Å². The first kappa shape index (κ1) is 15.3. The van der Waals surface area contributed by atoms with Crippen LogP contribution in [0.15, 0.2) is 54.6 Å². The minimum atomic E-state index is -0.432. The van der Waals surface area contributed by atoms with Crippen molar-refractivity contribution >= 4 is 11.5 Å². The maximum absolute atomic E-state index is 12.7. The molecule has 2 heteroatoms. The number of aryl methyl sites for hydroxylation is 1. The minimum absolute atomic E-state index is 0.184. The number of hydrogen-bond acceptors (Lipinski definition) is 2. The molecular formula is C19H23NO. The van der Waals surface area contributed by atoms with E-state index < -0.39 is 5.41 Å². The summed E-state index contributed by atoms with van der Waals surface area (Å²) in [6.45, 7) is 6.80. The number of para-hydroxylation sites is 1. The van der Waals surface area contributed by atoms with Gasteiger partial charge in [-0.3, -0.25) is 4.79 Å². The number of carbonyl (C=O) groups excluding carboxylic acids is 1. The zero-order valence-electron chi connectivity index (χ0n) is 13.3. The third kappa shape index (κ3) is 3.52. The van der Waals surface area contributed by atoms with Crippen LogP contribution in [0.25, 0.3) is 0 Å². The quantitative estimate of drug-likeness (QED) is 0.760. The van der Waals surface area contributed by atoms with Crippen molar-refractivity contribution in [1.82, 2.24) is 0 Å². The van der Waals surface area contributed by atoms with Gasteiger partial charge in [-0.1, -0.05) is 62.4 Å². The monoisotopic (exact) mass is 281 g/mol. The smallest absolute Gasteiger partial charge is 0.170 e. The number of ketones is 1. The van der Waals surface area contributed by atoms with E-state index in [1.54, 1.807) is 0 Å². The topological polar surface area (TPSA) is 20.3 Å². The van der Waals surface area contributed by atoms with Crippen molar-refractivity contribution in [3.8, 4) is 0 Å². The second-order valence-corrected chi connectivity index (χ2v) is 6.22. The number of nitrogens with zero attached hydrogens (tertiary/aromatic N) is 1. The Morgan fingerprint density at radius 1 is 1.00 bits per heavy atom. The summed E-state index contributed by atoms with van der Waals surface area (Å²) in [7, 11) is 2.04. The summed E-state index contributed by atoms with van der Waals surface area (Å²) in [5, 5.41) is 0. The van der Waals surface area contributed by atoms with Gasteiger partial charge in [0.2, 0.25) is 0 Å². The molecule has 0 saturated carbocycles. The lowest BCUT2D eigenvalue weighted by atomic mass is 9.83. The Bertz CT molecular complexity index is 616. The Kier molecular flexibility index (Phi) is 4.46. The summed E-state index contributed by atoms with van der Waals surface area (Å²) >= 11 is 0. The zero-order chi connectivity index (χ0) is 15.5. The highest BCUT2D eigenvalue weighted by atomic mass is 16.1. The van der Waals surface area contributed by atoms with Crippen molar-refractivity contribution in [2.75, 3.05) is 18.5 Å².